The number of rotatable bonds is 7. The second-order valence-corrected chi connectivity index (χ2v) is 9.53. The van der Waals surface area contributed by atoms with Gasteiger partial charge in [0.2, 0.25) is 0 Å². The number of nitrogens with one attached hydrogen (secondary N) is 3. The molecule has 12 nitrogen and oxygen atoms in total. The molecular weight excluding hydrogens is 505 g/mol. The van der Waals surface area contributed by atoms with Crippen LogP contribution in [0.5, 0.6) is 0 Å². The topological polar surface area (TPSA) is 139 Å². The molecule has 5 heterocycles. The molecule has 1 aliphatic carbocycles. The van der Waals surface area contributed by atoms with Gasteiger partial charge < -0.3 is 20.9 Å². The molecule has 39 heavy (non-hydrogen) atoms. The number of carbonyl (C=O) groups excluding carboxylic acids is 2. The SMILES string of the molecule is CNc1cc(Nc2cccn(-c3ccc(C(=O)N4CCCC4)cn3)c2=O)nn2c(C(=O)N[C@@H]3C[C@@H]3F)cnc12. The van der Waals surface area contributed by atoms with E-state index in [2.05, 4.69) is 31.0 Å². The number of amides is 2. The molecule has 0 unspecified atom stereocenters. The Bertz CT molecular complexity index is 1630. The zero-order valence-electron chi connectivity index (χ0n) is 21.1. The van der Waals surface area contributed by atoms with E-state index < -0.39 is 18.1 Å². The molecule has 1 saturated carbocycles. The third kappa shape index (κ3) is 4.67. The van der Waals surface area contributed by atoms with E-state index in [9.17, 15) is 18.8 Å². The summed E-state index contributed by atoms with van der Waals surface area (Å²) in [5.74, 6) is 0.0910. The highest BCUT2D eigenvalue weighted by Gasteiger charge is 2.39. The Morgan fingerprint density at radius 1 is 1.08 bits per heavy atom. The predicted octanol–water partition coefficient (Wildman–Crippen LogP) is 2.14. The van der Waals surface area contributed by atoms with Crippen molar-refractivity contribution in [2.75, 3.05) is 30.8 Å². The molecule has 1 saturated heterocycles. The molecule has 0 radical (unpaired) electrons. The number of imidazole rings is 1. The van der Waals surface area contributed by atoms with E-state index in [0.717, 1.165) is 25.9 Å². The van der Waals surface area contributed by atoms with E-state index in [1.807, 2.05) is 0 Å². The third-order valence-electron chi connectivity index (χ3n) is 6.84. The van der Waals surface area contributed by atoms with Gasteiger partial charge in [-0.05, 0) is 37.1 Å². The van der Waals surface area contributed by atoms with Crippen LogP contribution < -0.4 is 21.5 Å². The maximum Gasteiger partial charge on any atom is 0.279 e. The highest BCUT2D eigenvalue weighted by atomic mass is 19.1. The number of alkyl halides is 1. The first-order valence-corrected chi connectivity index (χ1v) is 12.7. The molecule has 2 aliphatic rings. The summed E-state index contributed by atoms with van der Waals surface area (Å²) < 4.78 is 16.0. The highest BCUT2D eigenvalue weighted by Crippen LogP contribution is 2.26. The maximum absolute atomic E-state index is 13.3. The van der Waals surface area contributed by atoms with Gasteiger partial charge in [0.25, 0.3) is 17.4 Å². The van der Waals surface area contributed by atoms with E-state index in [1.54, 1.807) is 48.5 Å². The molecule has 0 spiro atoms. The summed E-state index contributed by atoms with van der Waals surface area (Å²) in [6.07, 6.45) is 5.69. The number of carbonyl (C=O) groups is 2. The number of anilines is 3. The van der Waals surface area contributed by atoms with Crippen molar-refractivity contribution in [3.8, 4) is 5.82 Å². The van der Waals surface area contributed by atoms with Crippen molar-refractivity contribution in [1.29, 1.82) is 0 Å². The van der Waals surface area contributed by atoms with Gasteiger partial charge in [-0.1, -0.05) is 0 Å². The lowest BCUT2D eigenvalue weighted by molar-refractivity contribution is 0.0792. The van der Waals surface area contributed by atoms with Gasteiger partial charge in [-0.15, -0.1) is 5.10 Å². The minimum absolute atomic E-state index is 0.0645. The van der Waals surface area contributed by atoms with Crippen LogP contribution in [-0.4, -0.2) is 73.2 Å². The normalized spacial score (nSPS) is 18.3. The van der Waals surface area contributed by atoms with Crippen LogP contribution in [0.4, 0.5) is 21.6 Å². The minimum Gasteiger partial charge on any atom is -0.385 e. The van der Waals surface area contributed by atoms with Gasteiger partial charge in [0.05, 0.1) is 23.5 Å². The molecule has 2 atom stereocenters. The molecular formula is C26H26FN9O3. The van der Waals surface area contributed by atoms with Crippen LogP contribution >= 0.6 is 0 Å². The fourth-order valence-corrected chi connectivity index (χ4v) is 4.59. The van der Waals surface area contributed by atoms with E-state index in [4.69, 9.17) is 0 Å². The predicted molar refractivity (Wildman–Crippen MR) is 142 cm³/mol. The van der Waals surface area contributed by atoms with Gasteiger partial charge in [0.15, 0.2) is 17.2 Å². The molecule has 1 aliphatic heterocycles. The second kappa shape index (κ2) is 9.82. The number of nitrogens with zero attached hydrogens (tertiary/aromatic N) is 6. The van der Waals surface area contributed by atoms with Gasteiger partial charge >= 0.3 is 0 Å². The van der Waals surface area contributed by atoms with Gasteiger partial charge in [-0.3, -0.25) is 19.0 Å². The average Bonchev–Trinajstić information content (AvgIpc) is 3.32. The van der Waals surface area contributed by atoms with E-state index in [1.165, 1.54) is 21.5 Å². The van der Waals surface area contributed by atoms with Crippen molar-refractivity contribution < 1.29 is 14.0 Å². The standard InChI is InChI=1S/C26H26FN9O3/c1-28-19-12-21(33-36-20(14-30-23(19)36)24(37)32-18-11-16(18)27)31-17-5-4-10-35(26(17)39)22-7-6-15(13-29-22)25(38)34-8-2-3-9-34/h4-7,10,12-14,16,18,28H,2-3,8-9,11H2,1H3,(H,31,33)(H,32,37)/t16-,18+/m0/s1. The lowest BCUT2D eigenvalue weighted by atomic mass is 10.2. The van der Waals surface area contributed by atoms with Crippen molar-refractivity contribution in [3.05, 3.63) is 70.5 Å². The first-order chi connectivity index (χ1) is 18.9. The van der Waals surface area contributed by atoms with Gasteiger partial charge in [0.1, 0.15) is 17.7 Å². The molecule has 6 rings (SSSR count). The summed E-state index contributed by atoms with van der Waals surface area (Å²) in [5.41, 5.74) is 1.42. The minimum atomic E-state index is -1.04. The molecule has 2 amide bonds. The van der Waals surface area contributed by atoms with Crippen molar-refractivity contribution >= 4 is 34.7 Å². The number of likely N-dealkylation sites (tertiary alicyclic amines) is 1. The average molecular weight is 532 g/mol. The second-order valence-electron chi connectivity index (χ2n) is 9.53. The number of aromatic nitrogens is 5. The van der Waals surface area contributed by atoms with Crippen LogP contribution in [0.15, 0.2) is 53.7 Å². The van der Waals surface area contributed by atoms with E-state index >= 15 is 0 Å². The number of fused-ring (bicyclic) bond motifs is 1. The number of hydrogen-bond acceptors (Lipinski definition) is 8. The monoisotopic (exact) mass is 531 g/mol. The van der Waals surface area contributed by atoms with Gasteiger partial charge in [-0.2, -0.15) is 0 Å². The quantitative estimate of drug-likeness (QED) is 0.330. The van der Waals surface area contributed by atoms with E-state index in [-0.39, 0.29) is 35.1 Å². The summed E-state index contributed by atoms with van der Waals surface area (Å²) in [7, 11) is 1.70. The van der Waals surface area contributed by atoms with E-state index in [0.29, 0.717) is 22.7 Å². The Labute approximate surface area is 221 Å². The van der Waals surface area contributed by atoms with Crippen LogP contribution in [0, 0.1) is 0 Å². The zero-order chi connectivity index (χ0) is 27.1. The lowest BCUT2D eigenvalue weighted by Crippen LogP contribution is -2.28. The van der Waals surface area contributed by atoms with Crippen LogP contribution in [-0.2, 0) is 0 Å². The summed E-state index contributed by atoms with van der Waals surface area (Å²) >= 11 is 0. The molecule has 3 N–H and O–H groups in total. The Balaban J connectivity index is 1.28. The molecule has 200 valence electrons. The fraction of sp³-hybridized carbons (Fsp3) is 0.308. The highest BCUT2D eigenvalue weighted by molar-refractivity contribution is 5.95. The van der Waals surface area contributed by atoms with Crippen molar-refractivity contribution in [3.63, 3.8) is 0 Å². The molecule has 0 bridgehead atoms. The lowest BCUT2D eigenvalue weighted by Gasteiger charge is -2.15. The van der Waals surface area contributed by atoms with Crippen LogP contribution in [0.2, 0.25) is 0 Å². The zero-order valence-corrected chi connectivity index (χ0v) is 21.1. The Morgan fingerprint density at radius 2 is 1.87 bits per heavy atom. The Hall–Kier alpha value is -4.81. The number of hydrogen-bond donors (Lipinski definition) is 3. The van der Waals surface area contributed by atoms with Crippen LogP contribution in [0.3, 0.4) is 0 Å². The molecule has 2 fully saturated rings. The molecule has 4 aromatic rings. The third-order valence-corrected chi connectivity index (χ3v) is 6.84. The van der Waals surface area contributed by atoms with Gasteiger partial charge in [-0.25, -0.2) is 18.9 Å². The van der Waals surface area contributed by atoms with Crippen molar-refractivity contribution in [2.45, 2.75) is 31.5 Å². The number of pyridine rings is 2. The first-order valence-electron chi connectivity index (χ1n) is 12.7. The summed E-state index contributed by atoms with van der Waals surface area (Å²) in [4.78, 5) is 49.1. The summed E-state index contributed by atoms with van der Waals surface area (Å²) in [6.45, 7) is 1.49. The van der Waals surface area contributed by atoms with Crippen LogP contribution in [0.25, 0.3) is 11.5 Å². The molecule has 13 heteroatoms. The molecule has 4 aromatic heterocycles. The maximum atomic E-state index is 13.3. The largest absolute Gasteiger partial charge is 0.385 e. The molecule has 0 aromatic carbocycles. The summed E-state index contributed by atoms with van der Waals surface area (Å²) in [6, 6.07) is 7.75. The number of halogens is 1. The fourth-order valence-electron chi connectivity index (χ4n) is 4.59. The van der Waals surface area contributed by atoms with Crippen molar-refractivity contribution in [2.24, 2.45) is 0 Å². The summed E-state index contributed by atoms with van der Waals surface area (Å²) in [5, 5.41) is 13.1. The Morgan fingerprint density at radius 3 is 2.56 bits per heavy atom. The first kappa shape index (κ1) is 24.5. The smallest absolute Gasteiger partial charge is 0.279 e. The van der Waals surface area contributed by atoms with Crippen molar-refractivity contribution in [1.82, 2.24) is 34.4 Å². The Kier molecular flexibility index (Phi) is 6.17. The van der Waals surface area contributed by atoms with Gasteiger partial charge in [0, 0.05) is 45.0 Å². The van der Waals surface area contributed by atoms with Crippen LogP contribution in [0.1, 0.15) is 40.1 Å².